The van der Waals surface area contributed by atoms with Crippen LogP contribution in [-0.4, -0.2) is 43.3 Å². The SMILES string of the molecule is O=S(=O)(c1cccc2ccccc12)N1CCCCC1CCN1CCc2ccc(C(F)(F)F)cc2C1. The zero-order valence-electron chi connectivity index (χ0n) is 19.5. The van der Waals surface area contributed by atoms with Crippen LogP contribution in [0.2, 0.25) is 0 Å². The minimum atomic E-state index is -4.35. The van der Waals surface area contributed by atoms with Gasteiger partial charge in [0.2, 0.25) is 10.0 Å². The Morgan fingerprint density at radius 2 is 1.71 bits per heavy atom. The summed E-state index contributed by atoms with van der Waals surface area (Å²) in [6, 6.07) is 16.8. The van der Waals surface area contributed by atoms with E-state index in [4.69, 9.17) is 0 Å². The van der Waals surface area contributed by atoms with Gasteiger partial charge in [0.15, 0.2) is 0 Å². The molecule has 0 saturated carbocycles. The molecule has 1 atom stereocenters. The van der Waals surface area contributed by atoms with Crippen LogP contribution in [0.15, 0.2) is 65.6 Å². The Balaban J connectivity index is 1.32. The molecule has 0 bridgehead atoms. The van der Waals surface area contributed by atoms with Gasteiger partial charge in [0, 0.05) is 37.6 Å². The van der Waals surface area contributed by atoms with E-state index in [-0.39, 0.29) is 6.04 Å². The fourth-order valence-corrected chi connectivity index (χ4v) is 7.38. The van der Waals surface area contributed by atoms with Gasteiger partial charge in [-0.1, -0.05) is 48.9 Å². The highest BCUT2D eigenvalue weighted by atomic mass is 32.2. The van der Waals surface area contributed by atoms with E-state index in [2.05, 4.69) is 4.90 Å². The van der Waals surface area contributed by atoms with Crippen LogP contribution in [-0.2, 0) is 29.2 Å². The number of piperidine rings is 1. The summed E-state index contributed by atoms with van der Waals surface area (Å²) in [4.78, 5) is 2.49. The van der Waals surface area contributed by atoms with Gasteiger partial charge in [-0.2, -0.15) is 17.5 Å². The predicted octanol–water partition coefficient (Wildman–Crippen LogP) is 5.85. The van der Waals surface area contributed by atoms with Crippen LogP contribution in [0.4, 0.5) is 13.2 Å². The number of rotatable bonds is 5. The topological polar surface area (TPSA) is 40.6 Å². The molecule has 1 unspecified atom stereocenters. The van der Waals surface area contributed by atoms with Crippen molar-refractivity contribution < 1.29 is 21.6 Å². The summed E-state index contributed by atoms with van der Waals surface area (Å²) in [5, 5.41) is 1.62. The minimum absolute atomic E-state index is 0.115. The van der Waals surface area contributed by atoms with Gasteiger partial charge in [0.1, 0.15) is 0 Å². The molecule has 0 amide bonds. The van der Waals surface area contributed by atoms with Gasteiger partial charge in [0.05, 0.1) is 10.5 Å². The zero-order chi connectivity index (χ0) is 24.6. The first kappa shape index (κ1) is 24.3. The van der Waals surface area contributed by atoms with Crippen molar-refractivity contribution in [3.63, 3.8) is 0 Å². The average molecular weight is 503 g/mol. The number of sulfonamides is 1. The maximum atomic E-state index is 13.8. The fraction of sp³-hybridized carbons (Fsp3) is 0.407. The third-order valence-corrected chi connectivity index (χ3v) is 9.32. The summed E-state index contributed by atoms with van der Waals surface area (Å²) < 4.78 is 68.7. The lowest BCUT2D eigenvalue weighted by atomic mass is 9.96. The Bertz CT molecular complexity index is 1320. The highest BCUT2D eigenvalue weighted by molar-refractivity contribution is 7.89. The number of nitrogens with zero attached hydrogens (tertiary/aromatic N) is 2. The molecule has 8 heteroatoms. The Kier molecular flexibility index (Phi) is 6.63. The van der Waals surface area contributed by atoms with Crippen LogP contribution < -0.4 is 0 Å². The maximum absolute atomic E-state index is 13.8. The van der Waals surface area contributed by atoms with Gasteiger partial charge >= 0.3 is 6.18 Å². The molecule has 0 radical (unpaired) electrons. The summed E-state index contributed by atoms with van der Waals surface area (Å²) in [7, 11) is -3.67. The second-order valence-corrected chi connectivity index (χ2v) is 11.4. The monoisotopic (exact) mass is 502 g/mol. The van der Waals surface area contributed by atoms with Gasteiger partial charge in [-0.15, -0.1) is 0 Å². The number of alkyl halides is 3. The summed E-state index contributed by atoms with van der Waals surface area (Å²) >= 11 is 0. The summed E-state index contributed by atoms with van der Waals surface area (Å²) in [6.07, 6.45) is -0.376. The summed E-state index contributed by atoms with van der Waals surface area (Å²) in [5.41, 5.74) is 1.07. The van der Waals surface area contributed by atoms with Crippen molar-refractivity contribution in [2.24, 2.45) is 0 Å². The van der Waals surface area contributed by atoms with Gasteiger partial charge in [-0.05, 0) is 60.4 Å². The largest absolute Gasteiger partial charge is 0.416 e. The van der Waals surface area contributed by atoms with E-state index in [1.54, 1.807) is 22.5 Å². The normalized spacial score (nSPS) is 20.1. The fourth-order valence-electron chi connectivity index (χ4n) is 5.44. The molecule has 2 aliphatic rings. The third kappa shape index (κ3) is 4.97. The number of hydrogen-bond acceptors (Lipinski definition) is 3. The first-order valence-electron chi connectivity index (χ1n) is 12.1. The zero-order valence-corrected chi connectivity index (χ0v) is 20.3. The molecule has 2 heterocycles. The van der Waals surface area contributed by atoms with Crippen LogP contribution in [0.3, 0.4) is 0 Å². The van der Waals surface area contributed by atoms with Crippen LogP contribution in [0.25, 0.3) is 10.8 Å². The first-order chi connectivity index (χ1) is 16.7. The molecule has 0 aliphatic carbocycles. The lowest BCUT2D eigenvalue weighted by molar-refractivity contribution is -0.137. The molecular weight excluding hydrogens is 473 g/mol. The van der Waals surface area contributed by atoms with E-state index in [0.29, 0.717) is 37.4 Å². The number of hydrogen-bond donors (Lipinski definition) is 0. The van der Waals surface area contributed by atoms with E-state index in [1.807, 2.05) is 30.3 Å². The second-order valence-electron chi connectivity index (χ2n) is 9.54. The van der Waals surface area contributed by atoms with Crippen molar-refractivity contribution in [1.82, 2.24) is 9.21 Å². The second kappa shape index (κ2) is 9.56. The Morgan fingerprint density at radius 1 is 0.914 bits per heavy atom. The Morgan fingerprint density at radius 3 is 2.54 bits per heavy atom. The quantitative estimate of drug-likeness (QED) is 0.440. The van der Waals surface area contributed by atoms with E-state index < -0.39 is 21.8 Å². The highest BCUT2D eigenvalue weighted by Crippen LogP contribution is 2.33. The smallest absolute Gasteiger partial charge is 0.299 e. The van der Waals surface area contributed by atoms with Crippen LogP contribution in [0, 0.1) is 0 Å². The molecule has 3 aromatic rings. The molecule has 186 valence electrons. The average Bonchev–Trinajstić information content (AvgIpc) is 2.86. The molecular formula is C27H29F3N2O2S. The minimum Gasteiger partial charge on any atom is -0.299 e. The van der Waals surface area contributed by atoms with E-state index in [9.17, 15) is 21.6 Å². The van der Waals surface area contributed by atoms with E-state index in [1.165, 1.54) is 6.07 Å². The Labute approximate surface area is 204 Å². The van der Waals surface area contributed by atoms with Crippen molar-refractivity contribution >= 4 is 20.8 Å². The molecule has 3 aromatic carbocycles. The van der Waals surface area contributed by atoms with E-state index >= 15 is 0 Å². The van der Waals surface area contributed by atoms with Crippen molar-refractivity contribution in [3.8, 4) is 0 Å². The molecule has 0 N–H and O–H groups in total. The lowest BCUT2D eigenvalue weighted by Crippen LogP contribution is -2.45. The van der Waals surface area contributed by atoms with Crippen molar-refractivity contribution in [2.75, 3.05) is 19.6 Å². The maximum Gasteiger partial charge on any atom is 0.416 e. The van der Waals surface area contributed by atoms with Gasteiger partial charge in [0.25, 0.3) is 0 Å². The molecule has 0 spiro atoms. The lowest BCUT2D eigenvalue weighted by Gasteiger charge is -2.37. The first-order valence-corrected chi connectivity index (χ1v) is 13.6. The van der Waals surface area contributed by atoms with Crippen molar-refractivity contribution in [1.29, 1.82) is 0 Å². The number of benzene rings is 3. The van der Waals surface area contributed by atoms with Gasteiger partial charge in [-0.25, -0.2) is 8.42 Å². The molecule has 4 nitrogen and oxygen atoms in total. The van der Waals surface area contributed by atoms with Crippen LogP contribution in [0.5, 0.6) is 0 Å². The van der Waals surface area contributed by atoms with Gasteiger partial charge in [-0.3, -0.25) is 4.90 Å². The molecule has 1 saturated heterocycles. The third-order valence-electron chi connectivity index (χ3n) is 7.31. The number of halogens is 3. The highest BCUT2D eigenvalue weighted by Gasteiger charge is 2.35. The standard InChI is InChI=1S/C27H29F3N2O2S/c28-27(29,30)23-12-11-20-13-16-31(19-22(20)18-23)17-14-24-8-3-4-15-32(24)35(33,34)26-10-5-7-21-6-1-2-9-25(21)26/h1-2,5-7,9-12,18,24H,3-4,8,13-17,19H2. The van der Waals surface area contributed by atoms with Gasteiger partial charge < -0.3 is 0 Å². The number of fused-ring (bicyclic) bond motifs is 2. The van der Waals surface area contributed by atoms with Crippen molar-refractivity contribution in [2.45, 2.75) is 55.8 Å². The van der Waals surface area contributed by atoms with Crippen molar-refractivity contribution in [3.05, 3.63) is 77.4 Å². The molecule has 5 rings (SSSR count). The van der Waals surface area contributed by atoms with Crippen LogP contribution >= 0.6 is 0 Å². The molecule has 2 aliphatic heterocycles. The molecule has 1 fully saturated rings. The Hall–Kier alpha value is -2.42. The summed E-state index contributed by atoms with van der Waals surface area (Å²) in [5.74, 6) is 0. The molecule has 0 aromatic heterocycles. The predicted molar refractivity (Wildman–Crippen MR) is 131 cm³/mol. The molecule has 35 heavy (non-hydrogen) atoms. The van der Waals surface area contributed by atoms with Crippen LogP contribution in [0.1, 0.15) is 42.4 Å². The summed E-state index contributed by atoms with van der Waals surface area (Å²) in [6.45, 7) is 2.37. The van der Waals surface area contributed by atoms with E-state index in [0.717, 1.165) is 53.8 Å².